The van der Waals surface area contributed by atoms with Gasteiger partial charge in [0.1, 0.15) is 17.3 Å². The van der Waals surface area contributed by atoms with Crippen LogP contribution in [-0.4, -0.2) is 77.6 Å². The maximum absolute atomic E-state index is 12.9. The summed E-state index contributed by atoms with van der Waals surface area (Å²) >= 11 is 0. The smallest absolute Gasteiger partial charge is 0.409 e. The van der Waals surface area contributed by atoms with Crippen LogP contribution in [0.3, 0.4) is 0 Å². The standard InChI is InChI=1S/C19H29N5O3/c1-3-27-19(26)24-12-10-23(11-13-24)18(25)16-14-17(21-15(2)20-16)22-8-6-4-5-7-9-22/h14H,3-13H2,1-2H3. The van der Waals surface area contributed by atoms with Crippen LogP contribution >= 0.6 is 0 Å². The molecule has 148 valence electrons. The van der Waals surface area contributed by atoms with Crippen LogP contribution in [0.5, 0.6) is 0 Å². The van der Waals surface area contributed by atoms with Crippen molar-refractivity contribution in [3.05, 3.63) is 17.6 Å². The van der Waals surface area contributed by atoms with E-state index in [0.29, 0.717) is 44.3 Å². The van der Waals surface area contributed by atoms with E-state index >= 15 is 0 Å². The summed E-state index contributed by atoms with van der Waals surface area (Å²) in [5, 5.41) is 0. The molecule has 0 atom stereocenters. The molecule has 0 radical (unpaired) electrons. The topological polar surface area (TPSA) is 78.9 Å². The number of nitrogens with zero attached hydrogens (tertiary/aromatic N) is 5. The Kier molecular flexibility index (Phi) is 6.47. The first-order valence-corrected chi connectivity index (χ1v) is 9.90. The minimum absolute atomic E-state index is 0.0971. The lowest BCUT2D eigenvalue weighted by molar-refractivity contribution is 0.0565. The van der Waals surface area contributed by atoms with Crippen LogP contribution in [0.2, 0.25) is 0 Å². The van der Waals surface area contributed by atoms with Crippen LogP contribution < -0.4 is 4.90 Å². The van der Waals surface area contributed by atoms with Gasteiger partial charge in [-0.3, -0.25) is 4.79 Å². The lowest BCUT2D eigenvalue weighted by Gasteiger charge is -2.34. The summed E-state index contributed by atoms with van der Waals surface area (Å²) in [5.41, 5.74) is 0.436. The van der Waals surface area contributed by atoms with E-state index in [1.807, 2.05) is 13.0 Å². The number of aromatic nitrogens is 2. The van der Waals surface area contributed by atoms with Crippen molar-refractivity contribution in [2.24, 2.45) is 0 Å². The van der Waals surface area contributed by atoms with Crippen LogP contribution in [0.1, 0.15) is 48.9 Å². The zero-order valence-corrected chi connectivity index (χ0v) is 16.3. The Hall–Kier alpha value is -2.38. The highest BCUT2D eigenvalue weighted by atomic mass is 16.6. The molecular formula is C19H29N5O3. The summed E-state index contributed by atoms with van der Waals surface area (Å²) in [6.07, 6.45) is 4.49. The molecule has 0 aromatic carbocycles. The minimum Gasteiger partial charge on any atom is -0.450 e. The third kappa shape index (κ3) is 4.87. The molecule has 3 heterocycles. The zero-order valence-electron chi connectivity index (χ0n) is 16.3. The van der Waals surface area contributed by atoms with Gasteiger partial charge in [0.2, 0.25) is 0 Å². The van der Waals surface area contributed by atoms with Gasteiger partial charge < -0.3 is 19.4 Å². The number of hydrogen-bond donors (Lipinski definition) is 0. The molecule has 0 saturated carbocycles. The average molecular weight is 375 g/mol. The zero-order chi connectivity index (χ0) is 19.2. The quantitative estimate of drug-likeness (QED) is 0.805. The average Bonchev–Trinajstić information content (AvgIpc) is 2.97. The second-order valence-electron chi connectivity index (χ2n) is 7.04. The summed E-state index contributed by atoms with van der Waals surface area (Å²) in [6, 6.07) is 1.82. The van der Waals surface area contributed by atoms with Crippen LogP contribution in [0.25, 0.3) is 0 Å². The van der Waals surface area contributed by atoms with Gasteiger partial charge >= 0.3 is 6.09 Å². The molecule has 0 spiro atoms. The summed E-state index contributed by atoms with van der Waals surface area (Å²) in [6.45, 7) is 7.86. The summed E-state index contributed by atoms with van der Waals surface area (Å²) in [5.74, 6) is 1.36. The van der Waals surface area contributed by atoms with Crippen LogP contribution in [0, 0.1) is 6.92 Å². The van der Waals surface area contributed by atoms with E-state index in [4.69, 9.17) is 4.74 Å². The molecule has 0 bridgehead atoms. The number of ether oxygens (including phenoxy) is 1. The second-order valence-corrected chi connectivity index (χ2v) is 7.04. The number of aryl methyl sites for hydroxylation is 1. The lowest BCUT2D eigenvalue weighted by Crippen LogP contribution is -2.50. The Morgan fingerprint density at radius 3 is 2.22 bits per heavy atom. The monoisotopic (exact) mass is 375 g/mol. The maximum Gasteiger partial charge on any atom is 0.409 e. The molecular weight excluding hydrogens is 346 g/mol. The van der Waals surface area contributed by atoms with Gasteiger partial charge in [0.05, 0.1) is 6.61 Å². The van der Waals surface area contributed by atoms with Gasteiger partial charge in [0.25, 0.3) is 5.91 Å². The molecule has 27 heavy (non-hydrogen) atoms. The third-order valence-corrected chi connectivity index (χ3v) is 5.07. The number of carbonyl (C=O) groups excluding carboxylic acids is 2. The molecule has 1 aromatic rings. The van der Waals surface area contributed by atoms with E-state index in [1.54, 1.807) is 16.7 Å². The van der Waals surface area contributed by atoms with E-state index < -0.39 is 0 Å². The van der Waals surface area contributed by atoms with Gasteiger partial charge in [-0.25, -0.2) is 14.8 Å². The van der Waals surface area contributed by atoms with Crippen molar-refractivity contribution in [2.45, 2.75) is 39.5 Å². The predicted octanol–water partition coefficient (Wildman–Crippen LogP) is 2.08. The maximum atomic E-state index is 12.9. The Morgan fingerprint density at radius 1 is 0.963 bits per heavy atom. The Morgan fingerprint density at radius 2 is 1.59 bits per heavy atom. The Balaban J connectivity index is 1.67. The van der Waals surface area contributed by atoms with E-state index in [9.17, 15) is 9.59 Å². The van der Waals surface area contributed by atoms with E-state index in [2.05, 4.69) is 14.9 Å². The van der Waals surface area contributed by atoms with Crippen molar-refractivity contribution in [1.82, 2.24) is 19.8 Å². The number of amides is 2. The van der Waals surface area contributed by atoms with Crippen LogP contribution in [0.4, 0.5) is 10.6 Å². The molecule has 2 amide bonds. The SMILES string of the molecule is CCOC(=O)N1CCN(C(=O)c2cc(N3CCCCCC3)nc(C)n2)CC1. The largest absolute Gasteiger partial charge is 0.450 e. The van der Waals surface area contributed by atoms with Gasteiger partial charge in [-0.05, 0) is 26.7 Å². The van der Waals surface area contributed by atoms with Crippen molar-refractivity contribution in [3.63, 3.8) is 0 Å². The first-order valence-electron chi connectivity index (χ1n) is 9.90. The molecule has 0 aliphatic carbocycles. The van der Waals surface area contributed by atoms with Gasteiger partial charge in [-0.15, -0.1) is 0 Å². The van der Waals surface area contributed by atoms with Gasteiger partial charge in [-0.2, -0.15) is 0 Å². The molecule has 8 heteroatoms. The highest BCUT2D eigenvalue weighted by Gasteiger charge is 2.27. The van der Waals surface area contributed by atoms with Crippen molar-refractivity contribution in [3.8, 4) is 0 Å². The molecule has 2 aliphatic heterocycles. The van der Waals surface area contributed by atoms with Crippen LogP contribution in [0.15, 0.2) is 6.07 Å². The first-order chi connectivity index (χ1) is 13.1. The summed E-state index contributed by atoms with van der Waals surface area (Å²) in [7, 11) is 0. The number of rotatable bonds is 3. The molecule has 3 rings (SSSR count). The fraction of sp³-hybridized carbons (Fsp3) is 0.684. The number of piperazine rings is 1. The van der Waals surface area contributed by atoms with E-state index in [-0.39, 0.29) is 12.0 Å². The fourth-order valence-corrected chi connectivity index (χ4v) is 3.59. The highest BCUT2D eigenvalue weighted by molar-refractivity contribution is 5.93. The predicted molar refractivity (Wildman–Crippen MR) is 102 cm³/mol. The summed E-state index contributed by atoms with van der Waals surface area (Å²) in [4.78, 5) is 39.3. The molecule has 2 fully saturated rings. The number of hydrogen-bond acceptors (Lipinski definition) is 6. The molecule has 0 N–H and O–H groups in total. The summed E-state index contributed by atoms with van der Waals surface area (Å²) < 4.78 is 5.03. The van der Waals surface area contributed by atoms with Gasteiger partial charge in [0, 0.05) is 45.3 Å². The van der Waals surface area contributed by atoms with E-state index in [1.165, 1.54) is 12.8 Å². The minimum atomic E-state index is -0.314. The number of anilines is 1. The molecule has 8 nitrogen and oxygen atoms in total. The Bertz CT molecular complexity index is 665. The van der Waals surface area contributed by atoms with Crippen molar-refractivity contribution in [2.75, 3.05) is 50.8 Å². The highest BCUT2D eigenvalue weighted by Crippen LogP contribution is 2.19. The molecule has 2 aliphatic rings. The molecule has 1 aromatic heterocycles. The molecule has 2 saturated heterocycles. The second kappa shape index (κ2) is 9.01. The van der Waals surface area contributed by atoms with Crippen molar-refractivity contribution >= 4 is 17.8 Å². The lowest BCUT2D eigenvalue weighted by atomic mass is 10.2. The first kappa shape index (κ1) is 19.4. The van der Waals surface area contributed by atoms with Crippen molar-refractivity contribution < 1.29 is 14.3 Å². The van der Waals surface area contributed by atoms with Gasteiger partial charge in [0.15, 0.2) is 0 Å². The normalized spacial score (nSPS) is 18.2. The fourth-order valence-electron chi connectivity index (χ4n) is 3.59. The van der Waals surface area contributed by atoms with Crippen molar-refractivity contribution in [1.29, 1.82) is 0 Å². The Labute approximate surface area is 160 Å². The number of carbonyl (C=O) groups is 2. The van der Waals surface area contributed by atoms with E-state index in [0.717, 1.165) is 31.7 Å². The third-order valence-electron chi connectivity index (χ3n) is 5.07. The molecule has 0 unspecified atom stereocenters. The van der Waals surface area contributed by atoms with Crippen LogP contribution in [-0.2, 0) is 4.74 Å². The van der Waals surface area contributed by atoms with Gasteiger partial charge in [-0.1, -0.05) is 12.8 Å².